The highest BCUT2D eigenvalue weighted by molar-refractivity contribution is 5.92. The Morgan fingerprint density at radius 1 is 1.17 bits per heavy atom. The molecule has 2 rings (SSSR count). The van der Waals surface area contributed by atoms with Crippen LogP contribution in [0.1, 0.15) is 25.7 Å². The molecule has 3 N–H and O–H groups in total. The van der Waals surface area contributed by atoms with Gasteiger partial charge in [-0.15, -0.1) is 0 Å². The number of hydrogen-bond acceptors (Lipinski definition) is 5. The Hall–Kier alpha value is -2.64. The van der Waals surface area contributed by atoms with Crippen LogP contribution in [0, 0.1) is 5.92 Å². The van der Waals surface area contributed by atoms with E-state index in [0.717, 1.165) is 5.82 Å². The summed E-state index contributed by atoms with van der Waals surface area (Å²) in [7, 11) is 0. The Kier molecular flexibility index (Phi) is 5.51. The van der Waals surface area contributed by atoms with Gasteiger partial charge in [0.05, 0.1) is 24.2 Å². The zero-order chi connectivity index (χ0) is 16.8. The van der Waals surface area contributed by atoms with E-state index in [1.165, 1.54) is 6.20 Å². The lowest BCUT2D eigenvalue weighted by atomic mass is 9.97. The summed E-state index contributed by atoms with van der Waals surface area (Å²) in [4.78, 5) is 39.1. The fraction of sp³-hybridized carbons (Fsp3) is 0.467. The lowest BCUT2D eigenvalue weighted by Gasteiger charge is -2.31. The number of aliphatic carboxylic acids is 2. The number of nitrogens with one attached hydrogen (secondary N) is 1. The molecule has 0 aliphatic carbocycles. The number of carboxylic acid groups (broad SMARTS) is 2. The first-order valence-electron chi connectivity index (χ1n) is 7.41. The number of hydrogen-bond donors (Lipinski definition) is 3. The van der Waals surface area contributed by atoms with Crippen LogP contribution in [0.3, 0.4) is 0 Å². The fourth-order valence-electron chi connectivity index (χ4n) is 2.45. The average Bonchev–Trinajstić information content (AvgIpc) is 2.54. The third kappa shape index (κ3) is 4.94. The topological polar surface area (TPSA) is 120 Å². The number of carboxylic acids is 2. The van der Waals surface area contributed by atoms with Crippen LogP contribution in [0.5, 0.6) is 0 Å². The van der Waals surface area contributed by atoms with Crippen LogP contribution in [0.4, 0.5) is 11.5 Å². The molecule has 1 fully saturated rings. The molecule has 8 heteroatoms. The second-order valence-corrected chi connectivity index (χ2v) is 5.45. The molecule has 1 aliphatic rings. The lowest BCUT2D eigenvalue weighted by molar-refractivity contribution is -0.142. The number of rotatable bonds is 6. The molecule has 1 aromatic rings. The number of pyridine rings is 1. The molecule has 1 saturated heterocycles. The van der Waals surface area contributed by atoms with Crippen molar-refractivity contribution in [3.05, 3.63) is 18.3 Å². The van der Waals surface area contributed by atoms with Crippen LogP contribution >= 0.6 is 0 Å². The minimum Gasteiger partial charge on any atom is -0.481 e. The number of piperidine rings is 1. The lowest BCUT2D eigenvalue weighted by Crippen LogP contribution is -2.36. The molecular formula is C15H19N3O5. The Balaban J connectivity index is 1.86. The summed E-state index contributed by atoms with van der Waals surface area (Å²) in [6.45, 7) is 1.27. The van der Waals surface area contributed by atoms with Gasteiger partial charge in [0.2, 0.25) is 5.91 Å². The van der Waals surface area contributed by atoms with Crippen LogP contribution in [0.25, 0.3) is 0 Å². The Bertz CT molecular complexity index is 579. The van der Waals surface area contributed by atoms with Gasteiger partial charge in [-0.1, -0.05) is 0 Å². The van der Waals surface area contributed by atoms with E-state index in [4.69, 9.17) is 10.2 Å². The van der Waals surface area contributed by atoms with Crippen LogP contribution in [0.2, 0.25) is 0 Å². The van der Waals surface area contributed by atoms with Crippen molar-refractivity contribution in [3.8, 4) is 0 Å². The largest absolute Gasteiger partial charge is 0.481 e. The predicted molar refractivity (Wildman–Crippen MR) is 82.3 cm³/mol. The molecule has 0 saturated carbocycles. The molecule has 1 aromatic heterocycles. The average molecular weight is 321 g/mol. The van der Waals surface area contributed by atoms with Crippen LogP contribution in [-0.4, -0.2) is 46.1 Å². The Labute approximate surface area is 133 Å². The van der Waals surface area contributed by atoms with Gasteiger partial charge in [-0.2, -0.15) is 0 Å². The van der Waals surface area contributed by atoms with Crippen molar-refractivity contribution >= 4 is 29.4 Å². The third-order valence-corrected chi connectivity index (χ3v) is 3.77. The maximum Gasteiger partial charge on any atom is 0.306 e. The Morgan fingerprint density at radius 3 is 2.39 bits per heavy atom. The van der Waals surface area contributed by atoms with Gasteiger partial charge in [0, 0.05) is 19.5 Å². The molecule has 0 aromatic carbocycles. The molecule has 23 heavy (non-hydrogen) atoms. The maximum absolute atomic E-state index is 11.5. The van der Waals surface area contributed by atoms with Crippen molar-refractivity contribution in [2.75, 3.05) is 23.3 Å². The standard InChI is InChI=1S/C15H19N3O5/c19-13(3-4-14(20)21)17-11-1-2-12(16-9-11)18-7-5-10(6-8-18)15(22)23/h1-2,9-10H,3-8H2,(H,17,19)(H,20,21)(H,22,23). The summed E-state index contributed by atoms with van der Waals surface area (Å²) in [5.74, 6) is -1.70. The minimum atomic E-state index is -1.02. The van der Waals surface area contributed by atoms with Crippen molar-refractivity contribution in [1.82, 2.24) is 4.98 Å². The molecule has 0 radical (unpaired) electrons. The number of aromatic nitrogens is 1. The van der Waals surface area contributed by atoms with Crippen molar-refractivity contribution in [1.29, 1.82) is 0 Å². The van der Waals surface area contributed by atoms with Gasteiger partial charge in [-0.25, -0.2) is 4.98 Å². The van der Waals surface area contributed by atoms with Crippen molar-refractivity contribution < 1.29 is 24.6 Å². The zero-order valence-electron chi connectivity index (χ0n) is 12.6. The molecule has 8 nitrogen and oxygen atoms in total. The van der Waals surface area contributed by atoms with E-state index in [9.17, 15) is 14.4 Å². The van der Waals surface area contributed by atoms with Gasteiger partial charge in [0.15, 0.2) is 0 Å². The normalized spacial score (nSPS) is 15.2. The summed E-state index contributed by atoms with van der Waals surface area (Å²) in [6, 6.07) is 3.46. The first kappa shape index (κ1) is 16.7. The summed E-state index contributed by atoms with van der Waals surface area (Å²) in [6.07, 6.45) is 2.39. The number of carbonyl (C=O) groups excluding carboxylic acids is 1. The van der Waals surface area contributed by atoms with Crippen molar-refractivity contribution in [3.63, 3.8) is 0 Å². The number of amides is 1. The second-order valence-electron chi connectivity index (χ2n) is 5.45. The van der Waals surface area contributed by atoms with Crippen molar-refractivity contribution in [2.24, 2.45) is 5.92 Å². The van der Waals surface area contributed by atoms with Gasteiger partial charge in [-0.3, -0.25) is 14.4 Å². The quantitative estimate of drug-likeness (QED) is 0.719. The maximum atomic E-state index is 11.5. The summed E-state index contributed by atoms with van der Waals surface area (Å²) >= 11 is 0. The highest BCUT2D eigenvalue weighted by Gasteiger charge is 2.24. The summed E-state index contributed by atoms with van der Waals surface area (Å²) < 4.78 is 0. The molecule has 0 spiro atoms. The van der Waals surface area contributed by atoms with E-state index < -0.39 is 11.9 Å². The van der Waals surface area contributed by atoms with Gasteiger partial charge < -0.3 is 20.4 Å². The van der Waals surface area contributed by atoms with Crippen LogP contribution in [-0.2, 0) is 14.4 Å². The fourth-order valence-corrected chi connectivity index (χ4v) is 2.45. The highest BCUT2D eigenvalue weighted by Crippen LogP contribution is 2.22. The van der Waals surface area contributed by atoms with E-state index in [0.29, 0.717) is 31.6 Å². The third-order valence-electron chi connectivity index (χ3n) is 3.77. The number of anilines is 2. The van der Waals surface area contributed by atoms with Gasteiger partial charge >= 0.3 is 11.9 Å². The van der Waals surface area contributed by atoms with E-state index in [2.05, 4.69) is 10.3 Å². The van der Waals surface area contributed by atoms with Gasteiger partial charge in [0.1, 0.15) is 5.82 Å². The van der Waals surface area contributed by atoms with Crippen molar-refractivity contribution in [2.45, 2.75) is 25.7 Å². The van der Waals surface area contributed by atoms with E-state index >= 15 is 0 Å². The van der Waals surface area contributed by atoms with E-state index in [1.54, 1.807) is 12.1 Å². The molecule has 0 unspecified atom stereocenters. The zero-order valence-corrected chi connectivity index (χ0v) is 12.6. The number of nitrogens with zero attached hydrogens (tertiary/aromatic N) is 2. The summed E-state index contributed by atoms with van der Waals surface area (Å²) in [5.41, 5.74) is 0.504. The molecule has 1 aliphatic heterocycles. The Morgan fingerprint density at radius 2 is 1.87 bits per heavy atom. The van der Waals surface area contributed by atoms with Gasteiger partial charge in [0.25, 0.3) is 0 Å². The predicted octanol–water partition coefficient (Wildman–Crippen LogP) is 1.19. The van der Waals surface area contributed by atoms with E-state index in [1.807, 2.05) is 4.90 Å². The SMILES string of the molecule is O=C(O)CCC(=O)Nc1ccc(N2CCC(C(=O)O)CC2)nc1. The molecule has 0 atom stereocenters. The summed E-state index contributed by atoms with van der Waals surface area (Å²) in [5, 5.41) is 20.1. The molecule has 2 heterocycles. The molecule has 0 bridgehead atoms. The monoisotopic (exact) mass is 321 g/mol. The molecular weight excluding hydrogens is 302 g/mol. The van der Waals surface area contributed by atoms with Crippen LogP contribution < -0.4 is 10.2 Å². The number of carbonyl (C=O) groups is 3. The molecule has 1 amide bonds. The second kappa shape index (κ2) is 7.57. The van der Waals surface area contributed by atoms with Gasteiger partial charge in [-0.05, 0) is 25.0 Å². The minimum absolute atomic E-state index is 0.0835. The first-order chi connectivity index (χ1) is 11.0. The van der Waals surface area contributed by atoms with E-state index in [-0.39, 0.29) is 24.7 Å². The first-order valence-corrected chi connectivity index (χ1v) is 7.41. The van der Waals surface area contributed by atoms with Crippen LogP contribution in [0.15, 0.2) is 18.3 Å². The smallest absolute Gasteiger partial charge is 0.306 e. The molecule has 124 valence electrons. The highest BCUT2D eigenvalue weighted by atomic mass is 16.4.